The fourth-order valence-corrected chi connectivity index (χ4v) is 1.57. The number of hydrogen-bond acceptors (Lipinski definition) is 4. The molecular weight excluding hydrogens is 285 g/mol. The van der Waals surface area contributed by atoms with E-state index in [0.29, 0.717) is 11.3 Å². The Bertz CT molecular complexity index is 623. The monoisotopic (exact) mass is 296 g/mol. The first-order valence-corrected chi connectivity index (χ1v) is 5.90. The first-order chi connectivity index (χ1) is 9.85. The predicted octanol–water partition coefficient (Wildman–Crippen LogP) is 2.02. The zero-order valence-electron chi connectivity index (χ0n) is 10.7. The van der Waals surface area contributed by atoms with Gasteiger partial charge in [0.25, 0.3) is 5.91 Å². The van der Waals surface area contributed by atoms with Gasteiger partial charge >= 0.3 is 6.18 Å². The summed E-state index contributed by atoms with van der Waals surface area (Å²) in [6.45, 7) is -1.36. The summed E-state index contributed by atoms with van der Waals surface area (Å²) in [5.41, 5.74) is 6.77. The number of aromatic nitrogens is 2. The Morgan fingerprint density at radius 2 is 1.76 bits per heavy atom. The van der Waals surface area contributed by atoms with E-state index < -0.39 is 18.6 Å². The number of nitrogens with one attached hydrogen (secondary N) is 1. The summed E-state index contributed by atoms with van der Waals surface area (Å²) in [6.07, 6.45) is -4.44. The van der Waals surface area contributed by atoms with Crippen LogP contribution in [0.2, 0.25) is 0 Å². The highest BCUT2D eigenvalue weighted by molar-refractivity contribution is 5.94. The van der Waals surface area contributed by atoms with Crippen molar-refractivity contribution in [3.8, 4) is 11.3 Å². The van der Waals surface area contributed by atoms with Gasteiger partial charge in [0.15, 0.2) is 0 Å². The molecule has 1 amide bonds. The van der Waals surface area contributed by atoms with Crippen LogP contribution in [-0.2, 0) is 0 Å². The molecule has 1 heterocycles. The lowest BCUT2D eigenvalue weighted by Gasteiger charge is -2.08. The van der Waals surface area contributed by atoms with Crippen molar-refractivity contribution in [2.45, 2.75) is 6.18 Å². The van der Waals surface area contributed by atoms with Gasteiger partial charge in [-0.25, -0.2) is 0 Å². The number of nitrogens with zero attached hydrogens (tertiary/aromatic N) is 2. The molecule has 5 nitrogen and oxygen atoms in total. The van der Waals surface area contributed by atoms with Gasteiger partial charge in [-0.05, 0) is 24.3 Å². The molecule has 0 saturated carbocycles. The molecule has 0 radical (unpaired) electrons. The molecule has 2 rings (SSSR count). The molecule has 0 aliphatic carbocycles. The van der Waals surface area contributed by atoms with E-state index in [4.69, 9.17) is 5.73 Å². The molecule has 8 heteroatoms. The van der Waals surface area contributed by atoms with E-state index in [9.17, 15) is 18.0 Å². The maximum atomic E-state index is 12.0. The lowest BCUT2D eigenvalue weighted by Crippen LogP contribution is -2.33. The van der Waals surface area contributed by atoms with Crippen LogP contribution in [0.15, 0.2) is 36.4 Å². The van der Waals surface area contributed by atoms with Gasteiger partial charge in [-0.3, -0.25) is 4.79 Å². The number of carbonyl (C=O) groups excluding carboxylic acids is 1. The summed E-state index contributed by atoms with van der Waals surface area (Å²) in [5.74, 6) is -0.510. The number of rotatable bonds is 3. The number of hydrogen-bond donors (Lipinski definition) is 2. The third-order valence-corrected chi connectivity index (χ3v) is 2.58. The predicted molar refractivity (Wildman–Crippen MR) is 70.3 cm³/mol. The van der Waals surface area contributed by atoms with Crippen molar-refractivity contribution >= 4 is 11.7 Å². The highest BCUT2D eigenvalue weighted by Gasteiger charge is 2.27. The molecule has 110 valence electrons. The van der Waals surface area contributed by atoms with Crippen molar-refractivity contribution in [2.24, 2.45) is 0 Å². The minimum absolute atomic E-state index is 0.131. The van der Waals surface area contributed by atoms with Gasteiger partial charge < -0.3 is 11.1 Å². The average Bonchev–Trinajstić information content (AvgIpc) is 2.45. The van der Waals surface area contributed by atoms with Crippen LogP contribution in [0.25, 0.3) is 11.3 Å². The van der Waals surface area contributed by atoms with Crippen LogP contribution in [0.1, 0.15) is 10.4 Å². The zero-order valence-corrected chi connectivity index (χ0v) is 10.7. The summed E-state index contributed by atoms with van der Waals surface area (Å²) >= 11 is 0. The van der Waals surface area contributed by atoms with E-state index in [1.807, 2.05) is 0 Å². The van der Waals surface area contributed by atoms with Crippen LogP contribution in [0.3, 0.4) is 0 Å². The fourth-order valence-electron chi connectivity index (χ4n) is 1.57. The van der Waals surface area contributed by atoms with Crippen molar-refractivity contribution in [3.63, 3.8) is 0 Å². The highest BCUT2D eigenvalue weighted by Crippen LogP contribution is 2.18. The number of amides is 1. The number of anilines is 1. The highest BCUT2D eigenvalue weighted by atomic mass is 19.4. The van der Waals surface area contributed by atoms with Crippen LogP contribution in [0.5, 0.6) is 0 Å². The molecule has 0 bridgehead atoms. The van der Waals surface area contributed by atoms with Crippen molar-refractivity contribution in [3.05, 3.63) is 42.0 Å². The van der Waals surface area contributed by atoms with E-state index in [-0.39, 0.29) is 11.4 Å². The lowest BCUT2D eigenvalue weighted by molar-refractivity contribution is -0.123. The molecule has 2 aromatic rings. The molecule has 0 atom stereocenters. The van der Waals surface area contributed by atoms with Gasteiger partial charge in [0.2, 0.25) is 0 Å². The number of benzene rings is 1. The summed E-state index contributed by atoms with van der Waals surface area (Å²) < 4.78 is 36.0. The van der Waals surface area contributed by atoms with Gasteiger partial charge in [0.05, 0.1) is 5.69 Å². The zero-order chi connectivity index (χ0) is 15.5. The van der Waals surface area contributed by atoms with Gasteiger partial charge in [-0.1, -0.05) is 12.1 Å². The fraction of sp³-hybridized carbons (Fsp3) is 0.154. The minimum Gasteiger partial charge on any atom is -0.382 e. The molecule has 0 spiro atoms. The van der Waals surface area contributed by atoms with Gasteiger partial charge in [-0.2, -0.15) is 13.2 Å². The third kappa shape index (κ3) is 4.16. The smallest absolute Gasteiger partial charge is 0.382 e. The third-order valence-electron chi connectivity index (χ3n) is 2.58. The first kappa shape index (κ1) is 14.8. The Hall–Kier alpha value is -2.64. The van der Waals surface area contributed by atoms with Crippen LogP contribution in [0, 0.1) is 0 Å². The number of nitrogen functional groups attached to an aromatic ring is 1. The Morgan fingerprint density at radius 3 is 2.29 bits per heavy atom. The second-order valence-corrected chi connectivity index (χ2v) is 4.22. The van der Waals surface area contributed by atoms with Crippen LogP contribution >= 0.6 is 0 Å². The molecule has 3 N–H and O–H groups in total. The largest absolute Gasteiger partial charge is 0.405 e. The lowest BCUT2D eigenvalue weighted by atomic mass is 10.1. The second kappa shape index (κ2) is 5.78. The van der Waals surface area contributed by atoms with Crippen LogP contribution in [-0.4, -0.2) is 28.8 Å². The van der Waals surface area contributed by atoms with E-state index in [0.717, 1.165) is 0 Å². The van der Waals surface area contributed by atoms with Crippen molar-refractivity contribution in [1.29, 1.82) is 0 Å². The maximum absolute atomic E-state index is 12.0. The minimum atomic E-state index is -4.44. The summed E-state index contributed by atoms with van der Waals surface area (Å²) in [4.78, 5) is 11.5. The molecule has 0 aliphatic rings. The van der Waals surface area contributed by atoms with Crippen LogP contribution < -0.4 is 11.1 Å². The number of halogens is 3. The topological polar surface area (TPSA) is 80.9 Å². The first-order valence-electron chi connectivity index (χ1n) is 5.90. The van der Waals surface area contributed by atoms with E-state index in [2.05, 4.69) is 10.2 Å². The van der Waals surface area contributed by atoms with E-state index in [1.165, 1.54) is 12.1 Å². The quantitative estimate of drug-likeness (QED) is 0.908. The molecule has 0 fully saturated rings. The summed E-state index contributed by atoms with van der Waals surface area (Å²) in [6, 6.07) is 9.21. The van der Waals surface area contributed by atoms with E-state index in [1.54, 1.807) is 29.6 Å². The SMILES string of the molecule is Nc1ccc(-c2ccc(C(=O)NCC(F)(F)F)cc2)nn1. The maximum Gasteiger partial charge on any atom is 0.405 e. The Labute approximate surface area is 118 Å². The Balaban J connectivity index is 2.08. The van der Waals surface area contributed by atoms with Gasteiger partial charge in [0.1, 0.15) is 12.4 Å². The summed E-state index contributed by atoms with van der Waals surface area (Å²) in [7, 11) is 0. The Kier molecular flexibility index (Phi) is 4.06. The normalized spacial score (nSPS) is 11.2. The number of alkyl halides is 3. The molecule has 0 saturated heterocycles. The average molecular weight is 296 g/mol. The van der Waals surface area contributed by atoms with Gasteiger partial charge in [-0.15, -0.1) is 10.2 Å². The summed E-state index contributed by atoms with van der Waals surface area (Å²) in [5, 5.41) is 9.36. The Morgan fingerprint density at radius 1 is 1.10 bits per heavy atom. The van der Waals surface area contributed by atoms with Gasteiger partial charge in [0, 0.05) is 11.1 Å². The van der Waals surface area contributed by atoms with E-state index >= 15 is 0 Å². The standard InChI is InChI=1S/C13H11F3N4O/c14-13(15,16)7-18-12(21)9-3-1-8(2-4-9)10-5-6-11(17)20-19-10/h1-6H,7H2,(H2,17,20)(H,18,21). The molecule has 1 aromatic carbocycles. The number of nitrogens with two attached hydrogens (primary N) is 1. The molecule has 0 unspecified atom stereocenters. The second-order valence-electron chi connectivity index (χ2n) is 4.22. The van der Waals surface area contributed by atoms with Crippen molar-refractivity contribution in [1.82, 2.24) is 15.5 Å². The molecule has 0 aliphatic heterocycles. The molecule has 1 aromatic heterocycles. The molecule has 21 heavy (non-hydrogen) atoms. The van der Waals surface area contributed by atoms with Crippen molar-refractivity contribution in [2.75, 3.05) is 12.3 Å². The number of carbonyl (C=O) groups is 1. The molecular formula is C13H11F3N4O. The van der Waals surface area contributed by atoms with Crippen LogP contribution in [0.4, 0.5) is 19.0 Å². The van der Waals surface area contributed by atoms with Crippen molar-refractivity contribution < 1.29 is 18.0 Å².